The minimum absolute atomic E-state index is 0.0244. The van der Waals surface area contributed by atoms with Crippen molar-refractivity contribution < 1.29 is 18.7 Å². The van der Waals surface area contributed by atoms with Gasteiger partial charge in [0.1, 0.15) is 17.6 Å². The molecule has 0 saturated heterocycles. The first kappa shape index (κ1) is 18.8. The van der Waals surface area contributed by atoms with E-state index >= 15 is 0 Å². The molecule has 10 heteroatoms. The smallest absolute Gasteiger partial charge is 0.355 e. The highest BCUT2D eigenvalue weighted by molar-refractivity contribution is 6.31. The first-order valence-corrected chi connectivity index (χ1v) is 8.81. The number of nitrogens with one attached hydrogen (secondary N) is 1. The molecule has 0 fully saturated rings. The van der Waals surface area contributed by atoms with Crippen molar-refractivity contribution in [1.29, 1.82) is 0 Å². The number of hydrogen-bond acceptors (Lipinski definition) is 7. The van der Waals surface area contributed by atoms with Crippen molar-refractivity contribution in [3.05, 3.63) is 81.8 Å². The van der Waals surface area contributed by atoms with Crippen molar-refractivity contribution in [3.8, 4) is 0 Å². The number of ether oxygens (including phenoxy) is 1. The molecule has 3 aromatic rings. The van der Waals surface area contributed by atoms with Crippen molar-refractivity contribution in [2.45, 2.75) is 6.04 Å². The molecular weight excluding hydrogens is 401 g/mol. The average molecular weight is 414 g/mol. The molecule has 1 aromatic heterocycles. The van der Waals surface area contributed by atoms with E-state index in [2.05, 4.69) is 20.8 Å². The summed E-state index contributed by atoms with van der Waals surface area (Å²) in [4.78, 5) is 25.9. The molecule has 0 radical (unpaired) electrons. The van der Waals surface area contributed by atoms with Gasteiger partial charge in [-0.1, -0.05) is 34.9 Å². The molecule has 8 nitrogen and oxygen atoms in total. The number of carbonyl (C=O) groups excluding carboxylic acids is 2. The van der Waals surface area contributed by atoms with Crippen LogP contribution in [0, 0.1) is 5.82 Å². The van der Waals surface area contributed by atoms with Gasteiger partial charge in [-0.2, -0.15) is 4.68 Å². The van der Waals surface area contributed by atoms with Crippen LogP contribution in [0.15, 0.2) is 59.8 Å². The van der Waals surface area contributed by atoms with Crippen LogP contribution in [0.25, 0.3) is 0 Å². The van der Waals surface area contributed by atoms with Crippen LogP contribution in [0.4, 0.5) is 10.3 Å². The molecule has 2 aromatic carbocycles. The number of carbonyl (C=O) groups is 2. The maximum Gasteiger partial charge on any atom is 0.355 e. The molecule has 2 heterocycles. The lowest BCUT2D eigenvalue weighted by atomic mass is 9.89. The Kier molecular flexibility index (Phi) is 4.81. The maximum atomic E-state index is 13.4. The zero-order valence-electron chi connectivity index (χ0n) is 15.0. The summed E-state index contributed by atoms with van der Waals surface area (Å²) in [6.45, 7) is 0. The van der Waals surface area contributed by atoms with Gasteiger partial charge in [0, 0.05) is 16.1 Å². The Morgan fingerprint density at radius 2 is 1.90 bits per heavy atom. The number of rotatable bonds is 4. The minimum Gasteiger partial charge on any atom is -0.464 e. The van der Waals surface area contributed by atoms with Crippen LogP contribution in [0.3, 0.4) is 0 Å². The summed E-state index contributed by atoms with van der Waals surface area (Å²) in [6.07, 6.45) is 0. The number of aromatic nitrogens is 4. The van der Waals surface area contributed by atoms with Crippen LogP contribution in [0.1, 0.15) is 22.0 Å². The molecule has 146 valence electrons. The molecule has 0 unspecified atom stereocenters. The average Bonchev–Trinajstić information content (AvgIpc) is 3.21. The fraction of sp³-hybridized carbons (Fsp3) is 0.105. The first-order chi connectivity index (χ1) is 14.0. The van der Waals surface area contributed by atoms with E-state index in [1.807, 2.05) is 0 Å². The van der Waals surface area contributed by atoms with Crippen LogP contribution in [-0.4, -0.2) is 39.1 Å². The lowest BCUT2D eigenvalue weighted by Crippen LogP contribution is -2.33. The number of anilines is 1. The lowest BCUT2D eigenvalue weighted by Gasteiger charge is -2.28. The number of ketones is 1. The molecule has 1 atom stereocenters. The van der Waals surface area contributed by atoms with E-state index in [4.69, 9.17) is 16.3 Å². The summed E-state index contributed by atoms with van der Waals surface area (Å²) in [6, 6.07) is 10.9. The van der Waals surface area contributed by atoms with Crippen molar-refractivity contribution in [1.82, 2.24) is 20.2 Å². The predicted molar refractivity (Wildman–Crippen MR) is 101 cm³/mol. The first-order valence-electron chi connectivity index (χ1n) is 8.43. The second-order valence-electron chi connectivity index (χ2n) is 6.11. The van der Waals surface area contributed by atoms with Gasteiger partial charge >= 0.3 is 5.97 Å². The van der Waals surface area contributed by atoms with Crippen LogP contribution < -0.4 is 5.32 Å². The van der Waals surface area contributed by atoms with Gasteiger partial charge in [0.25, 0.3) is 0 Å². The largest absolute Gasteiger partial charge is 0.464 e. The monoisotopic (exact) mass is 413 g/mol. The Morgan fingerprint density at radius 1 is 1.17 bits per heavy atom. The highest BCUT2D eigenvalue weighted by Gasteiger charge is 2.39. The molecule has 1 aliphatic rings. The van der Waals surface area contributed by atoms with Crippen LogP contribution in [0.5, 0.6) is 0 Å². The molecule has 29 heavy (non-hydrogen) atoms. The zero-order chi connectivity index (χ0) is 20.5. The zero-order valence-corrected chi connectivity index (χ0v) is 15.7. The molecule has 4 rings (SSSR count). The quantitative estimate of drug-likeness (QED) is 0.518. The summed E-state index contributed by atoms with van der Waals surface area (Å²) in [5.74, 6) is -1.65. The van der Waals surface area contributed by atoms with Gasteiger partial charge < -0.3 is 10.1 Å². The van der Waals surface area contributed by atoms with E-state index in [-0.39, 0.29) is 22.8 Å². The summed E-state index contributed by atoms with van der Waals surface area (Å²) in [5, 5.41) is 14.5. The number of allylic oxidation sites excluding steroid dienone is 1. The number of hydrogen-bond donors (Lipinski definition) is 1. The highest BCUT2D eigenvalue weighted by atomic mass is 35.5. The van der Waals surface area contributed by atoms with Gasteiger partial charge in [0.15, 0.2) is 5.78 Å². The highest BCUT2D eigenvalue weighted by Crippen LogP contribution is 2.39. The summed E-state index contributed by atoms with van der Waals surface area (Å²) in [5.41, 5.74) is 0.597. The number of Topliss-reactive ketones (excluding diaryl/α,β-unsaturated/α-hetero) is 1. The third kappa shape index (κ3) is 3.25. The SMILES string of the molecule is COC(=O)C1=C(C(=O)c2ccc(F)cc2)[C@@H](c2ccccc2Cl)n2nnnc2N1. The summed E-state index contributed by atoms with van der Waals surface area (Å²) < 4.78 is 19.5. The van der Waals surface area contributed by atoms with Crippen LogP contribution >= 0.6 is 11.6 Å². The number of fused-ring (bicyclic) bond motifs is 1. The van der Waals surface area contributed by atoms with E-state index in [9.17, 15) is 14.0 Å². The van der Waals surface area contributed by atoms with Crippen LogP contribution in [-0.2, 0) is 9.53 Å². The molecule has 0 spiro atoms. The van der Waals surface area contributed by atoms with Crippen molar-refractivity contribution >= 4 is 29.3 Å². The maximum absolute atomic E-state index is 13.4. The molecular formula is C19H13ClFN5O3. The lowest BCUT2D eigenvalue weighted by molar-refractivity contribution is -0.136. The van der Waals surface area contributed by atoms with Crippen molar-refractivity contribution in [3.63, 3.8) is 0 Å². The number of halogens is 2. The standard InChI is InChI=1S/C19H13ClFN5O3/c1-29-18(28)15-14(17(27)10-6-8-11(21)9-7-10)16(12-4-2-3-5-13(12)20)26-19(22-15)23-24-25-26/h2-9,16H,1H3,(H,22,23,25)/t16-/m1/s1. The third-order valence-corrected chi connectivity index (χ3v) is 4.80. The molecule has 0 aliphatic carbocycles. The Hall–Kier alpha value is -3.59. The van der Waals surface area contributed by atoms with Crippen LogP contribution in [0.2, 0.25) is 5.02 Å². The van der Waals surface area contributed by atoms with Gasteiger partial charge in [-0.15, -0.1) is 0 Å². The summed E-state index contributed by atoms with van der Waals surface area (Å²) >= 11 is 6.39. The second kappa shape index (κ2) is 7.44. The molecule has 0 saturated carbocycles. The van der Waals surface area contributed by atoms with Crippen molar-refractivity contribution in [2.75, 3.05) is 12.4 Å². The van der Waals surface area contributed by atoms with E-state index in [0.717, 1.165) is 12.1 Å². The normalized spacial score (nSPS) is 15.5. The van der Waals surface area contributed by atoms with E-state index < -0.39 is 23.6 Å². The fourth-order valence-corrected chi connectivity index (χ4v) is 3.37. The molecule has 0 amide bonds. The molecule has 0 bridgehead atoms. The number of benzene rings is 2. The van der Waals surface area contributed by atoms with Gasteiger partial charge in [0.2, 0.25) is 5.95 Å². The van der Waals surface area contributed by atoms with Gasteiger partial charge in [0.05, 0.1) is 12.7 Å². The number of nitrogens with zero attached hydrogens (tertiary/aromatic N) is 4. The van der Waals surface area contributed by atoms with Gasteiger partial charge in [-0.3, -0.25) is 4.79 Å². The molecule has 1 aliphatic heterocycles. The number of tetrazole rings is 1. The topological polar surface area (TPSA) is 99.0 Å². The summed E-state index contributed by atoms with van der Waals surface area (Å²) in [7, 11) is 1.19. The van der Waals surface area contributed by atoms with Gasteiger partial charge in [-0.25, -0.2) is 9.18 Å². The second-order valence-corrected chi connectivity index (χ2v) is 6.52. The third-order valence-electron chi connectivity index (χ3n) is 4.46. The minimum atomic E-state index is -0.901. The Balaban J connectivity index is 1.97. The Bertz CT molecular complexity index is 1140. The van der Waals surface area contributed by atoms with Crippen molar-refractivity contribution in [2.24, 2.45) is 0 Å². The van der Waals surface area contributed by atoms with E-state index in [1.165, 1.54) is 23.9 Å². The van der Waals surface area contributed by atoms with E-state index in [1.54, 1.807) is 24.3 Å². The number of methoxy groups -OCH3 is 1. The Labute approximate surface area is 168 Å². The molecule has 1 N–H and O–H groups in total. The number of esters is 1. The Morgan fingerprint density at radius 3 is 2.59 bits per heavy atom. The predicted octanol–water partition coefficient (Wildman–Crippen LogP) is 2.79. The van der Waals surface area contributed by atoms with Gasteiger partial charge in [-0.05, 0) is 40.8 Å². The van der Waals surface area contributed by atoms with E-state index in [0.29, 0.717) is 10.6 Å². The fourth-order valence-electron chi connectivity index (χ4n) is 3.13.